The Morgan fingerprint density at radius 2 is 1.73 bits per heavy atom. The third-order valence-corrected chi connectivity index (χ3v) is 4.03. The molecule has 0 aromatic heterocycles. The molecule has 0 spiro atoms. The highest BCUT2D eigenvalue weighted by Crippen LogP contribution is 2.20. The molecule has 2 heterocycles. The van der Waals surface area contributed by atoms with Crippen molar-refractivity contribution in [2.75, 3.05) is 19.8 Å². The quantitative estimate of drug-likeness (QED) is 0.244. The van der Waals surface area contributed by atoms with Gasteiger partial charge in [-0.3, -0.25) is 0 Å². The highest BCUT2D eigenvalue weighted by molar-refractivity contribution is 5.01. The summed E-state index contributed by atoms with van der Waals surface area (Å²) in [6.45, 7) is -0.991. The molecule has 0 saturated carbocycles. The van der Waals surface area contributed by atoms with Gasteiger partial charge in [0.15, 0.2) is 6.29 Å². The Bertz CT molecular complexity index is 359. The zero-order chi connectivity index (χ0) is 16.4. The molecule has 9 unspecified atom stereocenters. The van der Waals surface area contributed by atoms with Gasteiger partial charge in [0, 0.05) is 0 Å². The SMILES string of the molecule is OCC1NC(C(O)COC2OCC(O)C(O)C2O)C(O)C1O. The molecule has 10 nitrogen and oxygen atoms in total. The molecule has 10 heteroatoms. The van der Waals surface area contributed by atoms with E-state index in [1.54, 1.807) is 0 Å². The van der Waals surface area contributed by atoms with Crippen molar-refractivity contribution in [1.82, 2.24) is 5.32 Å². The normalized spacial score (nSPS) is 47.6. The first-order chi connectivity index (χ1) is 10.4. The van der Waals surface area contributed by atoms with Crippen molar-refractivity contribution in [2.45, 2.75) is 55.0 Å². The summed E-state index contributed by atoms with van der Waals surface area (Å²) in [5, 5.41) is 69.6. The summed E-state index contributed by atoms with van der Waals surface area (Å²) < 4.78 is 10.2. The first kappa shape index (κ1) is 17.9. The molecular formula is C12H23NO9. The molecule has 9 atom stereocenters. The van der Waals surface area contributed by atoms with Crippen LogP contribution in [0.25, 0.3) is 0 Å². The fraction of sp³-hybridized carbons (Fsp3) is 1.00. The summed E-state index contributed by atoms with van der Waals surface area (Å²) in [6, 6.07) is -1.69. The molecule has 2 saturated heterocycles. The number of hydrogen-bond acceptors (Lipinski definition) is 10. The average molecular weight is 325 g/mol. The summed E-state index contributed by atoms with van der Waals surface area (Å²) in [5.74, 6) is 0. The molecule has 8 N–H and O–H groups in total. The van der Waals surface area contributed by atoms with E-state index in [4.69, 9.17) is 14.6 Å². The lowest BCUT2D eigenvalue weighted by atomic mass is 10.0. The van der Waals surface area contributed by atoms with Crippen molar-refractivity contribution < 1.29 is 45.2 Å². The van der Waals surface area contributed by atoms with Crippen molar-refractivity contribution in [3.8, 4) is 0 Å². The Balaban J connectivity index is 1.84. The number of hydrogen-bond donors (Lipinski definition) is 8. The van der Waals surface area contributed by atoms with E-state index in [0.29, 0.717) is 0 Å². The van der Waals surface area contributed by atoms with Gasteiger partial charge in [0.1, 0.15) is 18.3 Å². The van der Waals surface area contributed by atoms with Crippen molar-refractivity contribution in [3.05, 3.63) is 0 Å². The Hall–Kier alpha value is -0.400. The van der Waals surface area contributed by atoms with Crippen LogP contribution >= 0.6 is 0 Å². The van der Waals surface area contributed by atoms with Crippen molar-refractivity contribution in [3.63, 3.8) is 0 Å². The molecule has 2 fully saturated rings. The lowest BCUT2D eigenvalue weighted by molar-refractivity contribution is -0.275. The lowest BCUT2D eigenvalue weighted by Crippen LogP contribution is -2.55. The van der Waals surface area contributed by atoms with E-state index in [1.807, 2.05) is 0 Å². The van der Waals surface area contributed by atoms with E-state index >= 15 is 0 Å². The zero-order valence-electron chi connectivity index (χ0n) is 11.8. The highest BCUT2D eigenvalue weighted by atomic mass is 16.7. The Kier molecular flexibility index (Phi) is 6.07. The Labute approximate surface area is 126 Å². The van der Waals surface area contributed by atoms with Gasteiger partial charge in [0.05, 0.1) is 50.2 Å². The smallest absolute Gasteiger partial charge is 0.186 e. The van der Waals surface area contributed by atoms with Crippen LogP contribution in [-0.2, 0) is 9.47 Å². The van der Waals surface area contributed by atoms with Gasteiger partial charge in [-0.2, -0.15) is 0 Å². The van der Waals surface area contributed by atoms with E-state index in [0.717, 1.165) is 0 Å². The minimum Gasteiger partial charge on any atom is -0.395 e. The molecule has 2 rings (SSSR count). The first-order valence-corrected chi connectivity index (χ1v) is 7.05. The third kappa shape index (κ3) is 3.57. The van der Waals surface area contributed by atoms with Gasteiger partial charge < -0.3 is 50.5 Å². The third-order valence-electron chi connectivity index (χ3n) is 4.03. The van der Waals surface area contributed by atoms with Gasteiger partial charge in [-0.05, 0) is 0 Å². The minimum atomic E-state index is -1.48. The monoisotopic (exact) mass is 325 g/mol. The van der Waals surface area contributed by atoms with Gasteiger partial charge in [0.2, 0.25) is 0 Å². The second kappa shape index (κ2) is 7.45. The van der Waals surface area contributed by atoms with E-state index in [2.05, 4.69) is 5.32 Å². The van der Waals surface area contributed by atoms with Crippen LogP contribution < -0.4 is 5.32 Å². The Morgan fingerprint density at radius 1 is 1.05 bits per heavy atom. The number of nitrogens with one attached hydrogen (secondary N) is 1. The van der Waals surface area contributed by atoms with Crippen LogP contribution in [0.3, 0.4) is 0 Å². The van der Waals surface area contributed by atoms with Gasteiger partial charge in [-0.15, -0.1) is 0 Å². The van der Waals surface area contributed by atoms with E-state index in [-0.39, 0.29) is 13.2 Å². The first-order valence-electron chi connectivity index (χ1n) is 7.05. The maximum Gasteiger partial charge on any atom is 0.186 e. The second-order valence-electron chi connectivity index (χ2n) is 5.61. The fourth-order valence-corrected chi connectivity index (χ4v) is 2.62. The van der Waals surface area contributed by atoms with Gasteiger partial charge in [0.25, 0.3) is 0 Å². The molecule has 0 aromatic rings. The van der Waals surface area contributed by atoms with Crippen molar-refractivity contribution in [2.24, 2.45) is 0 Å². The molecule has 22 heavy (non-hydrogen) atoms. The van der Waals surface area contributed by atoms with E-state index < -0.39 is 61.6 Å². The molecule has 2 aliphatic heterocycles. The second-order valence-corrected chi connectivity index (χ2v) is 5.61. The summed E-state index contributed by atoms with van der Waals surface area (Å²) in [4.78, 5) is 0. The number of rotatable bonds is 5. The molecule has 2 aliphatic rings. The molecular weight excluding hydrogens is 302 g/mol. The number of aliphatic hydroxyl groups excluding tert-OH is 7. The molecule has 0 amide bonds. The predicted octanol–water partition coefficient (Wildman–Crippen LogP) is -5.14. The largest absolute Gasteiger partial charge is 0.395 e. The average Bonchev–Trinajstić information content (AvgIpc) is 2.79. The molecule has 130 valence electrons. The lowest BCUT2D eigenvalue weighted by Gasteiger charge is -2.35. The number of aliphatic hydroxyl groups is 7. The van der Waals surface area contributed by atoms with Gasteiger partial charge in [-0.25, -0.2) is 0 Å². The zero-order valence-corrected chi connectivity index (χ0v) is 11.8. The fourth-order valence-electron chi connectivity index (χ4n) is 2.62. The maximum absolute atomic E-state index is 10.00. The Morgan fingerprint density at radius 3 is 2.32 bits per heavy atom. The predicted molar refractivity (Wildman–Crippen MR) is 69.5 cm³/mol. The standard InChI is InChI=1S/C12H23NO9/c14-1-4-8(17)10(19)7(13-4)5(15)2-21-12-11(20)9(18)6(16)3-22-12/h4-20H,1-3H2. The van der Waals surface area contributed by atoms with Crippen LogP contribution in [0.15, 0.2) is 0 Å². The molecule has 0 radical (unpaired) electrons. The summed E-state index contributed by atoms with van der Waals surface area (Å²) in [7, 11) is 0. The van der Waals surface area contributed by atoms with E-state index in [1.165, 1.54) is 0 Å². The molecule has 0 aromatic carbocycles. The topological polar surface area (TPSA) is 172 Å². The van der Waals surface area contributed by atoms with Gasteiger partial charge >= 0.3 is 0 Å². The van der Waals surface area contributed by atoms with Crippen molar-refractivity contribution >= 4 is 0 Å². The molecule has 0 aliphatic carbocycles. The van der Waals surface area contributed by atoms with Gasteiger partial charge in [-0.1, -0.05) is 0 Å². The summed E-state index contributed by atoms with van der Waals surface area (Å²) in [6.07, 6.45) is -9.12. The maximum atomic E-state index is 10.00. The van der Waals surface area contributed by atoms with Crippen LogP contribution in [0.4, 0.5) is 0 Å². The highest BCUT2D eigenvalue weighted by Gasteiger charge is 2.45. The van der Waals surface area contributed by atoms with Crippen LogP contribution in [0.2, 0.25) is 0 Å². The summed E-state index contributed by atoms with van der Waals surface area (Å²) in [5.41, 5.74) is 0. The van der Waals surface area contributed by atoms with Crippen LogP contribution in [0, 0.1) is 0 Å². The molecule has 0 bridgehead atoms. The minimum absolute atomic E-state index is 0.228. The number of ether oxygens (including phenoxy) is 2. The summed E-state index contributed by atoms with van der Waals surface area (Å²) >= 11 is 0. The van der Waals surface area contributed by atoms with E-state index in [9.17, 15) is 30.6 Å². The van der Waals surface area contributed by atoms with Crippen LogP contribution in [0.1, 0.15) is 0 Å². The van der Waals surface area contributed by atoms with Crippen molar-refractivity contribution in [1.29, 1.82) is 0 Å². The van der Waals surface area contributed by atoms with Crippen LogP contribution in [0.5, 0.6) is 0 Å². The van der Waals surface area contributed by atoms with Crippen LogP contribution in [-0.4, -0.2) is 111 Å².